The van der Waals surface area contributed by atoms with Gasteiger partial charge in [-0.05, 0) is 62.4 Å². The molecule has 1 fully saturated rings. The van der Waals surface area contributed by atoms with Crippen LogP contribution in [0, 0.1) is 20.8 Å². The van der Waals surface area contributed by atoms with Crippen LogP contribution in [0.5, 0.6) is 0 Å². The molecule has 0 radical (unpaired) electrons. The number of benzene rings is 1. The molecule has 3 aromatic heterocycles. The highest BCUT2D eigenvalue weighted by Crippen LogP contribution is 2.30. The van der Waals surface area contributed by atoms with E-state index in [-0.39, 0.29) is 0 Å². The van der Waals surface area contributed by atoms with Crippen LogP contribution in [0.15, 0.2) is 30.2 Å². The van der Waals surface area contributed by atoms with E-state index in [1.807, 2.05) is 22.6 Å². The molecule has 0 amide bonds. The molecule has 5 rings (SSSR count). The fraction of sp³-hybridized carbons (Fsp3) is 0.333. The Bertz CT molecular complexity index is 1160. The average molecular weight is 406 g/mol. The fourth-order valence-corrected chi connectivity index (χ4v) is 4.41. The van der Waals surface area contributed by atoms with Gasteiger partial charge in [0.15, 0.2) is 16.5 Å². The zero-order chi connectivity index (χ0) is 20.0. The lowest BCUT2D eigenvalue weighted by Gasteiger charge is -2.17. The third-order valence-corrected chi connectivity index (χ3v) is 6.34. The van der Waals surface area contributed by atoms with E-state index >= 15 is 0 Å². The number of nitrogens with one attached hydrogen (secondary N) is 1. The normalized spacial score (nSPS) is 14.1. The number of thiazole rings is 1. The van der Waals surface area contributed by atoms with Crippen LogP contribution in [0.25, 0.3) is 16.0 Å². The Kier molecular flexibility index (Phi) is 4.43. The maximum atomic E-state index is 4.77. The largest absolute Gasteiger partial charge is 0.355 e. The summed E-state index contributed by atoms with van der Waals surface area (Å²) in [5.41, 5.74) is 7.70. The minimum atomic E-state index is 0.560. The van der Waals surface area contributed by atoms with Gasteiger partial charge in [-0.25, -0.2) is 9.97 Å². The molecule has 0 atom stereocenters. The maximum Gasteiger partial charge on any atom is 0.231 e. The van der Waals surface area contributed by atoms with Crippen molar-refractivity contribution < 1.29 is 0 Å². The molecule has 0 spiro atoms. The highest BCUT2D eigenvalue weighted by atomic mass is 32.1. The van der Waals surface area contributed by atoms with E-state index < -0.39 is 0 Å². The van der Waals surface area contributed by atoms with Gasteiger partial charge in [0.25, 0.3) is 0 Å². The molecule has 0 aliphatic carbocycles. The molecule has 29 heavy (non-hydrogen) atoms. The Labute approximate surface area is 173 Å². The third-order valence-electron chi connectivity index (χ3n) is 5.62. The van der Waals surface area contributed by atoms with Crippen molar-refractivity contribution in [3.8, 4) is 5.69 Å². The van der Waals surface area contributed by atoms with Crippen molar-refractivity contribution in [2.75, 3.05) is 23.3 Å². The van der Waals surface area contributed by atoms with Gasteiger partial charge in [0.05, 0.1) is 11.7 Å². The molecule has 0 unspecified atom stereocenters. The monoisotopic (exact) mass is 405 g/mol. The van der Waals surface area contributed by atoms with E-state index in [1.165, 1.54) is 40.9 Å². The Hall–Kier alpha value is -3.00. The van der Waals surface area contributed by atoms with E-state index in [1.54, 1.807) is 0 Å². The van der Waals surface area contributed by atoms with Gasteiger partial charge in [-0.15, -0.1) is 11.3 Å². The van der Waals surface area contributed by atoms with Crippen molar-refractivity contribution in [2.45, 2.75) is 33.6 Å². The molecule has 148 valence electrons. The summed E-state index contributed by atoms with van der Waals surface area (Å²) in [6.45, 7) is 8.47. The third kappa shape index (κ3) is 3.33. The van der Waals surface area contributed by atoms with Crippen molar-refractivity contribution in [3.05, 3.63) is 46.9 Å². The zero-order valence-corrected chi connectivity index (χ0v) is 17.6. The quantitative estimate of drug-likeness (QED) is 0.537. The van der Waals surface area contributed by atoms with E-state index in [0.29, 0.717) is 5.95 Å². The van der Waals surface area contributed by atoms with Crippen molar-refractivity contribution >= 4 is 39.3 Å². The first-order valence-corrected chi connectivity index (χ1v) is 10.7. The summed E-state index contributed by atoms with van der Waals surface area (Å²) in [7, 11) is 0. The Morgan fingerprint density at radius 2 is 1.76 bits per heavy atom. The van der Waals surface area contributed by atoms with E-state index in [2.05, 4.69) is 58.1 Å². The lowest BCUT2D eigenvalue weighted by atomic mass is 10.0. The number of hydrogen-bond acceptors (Lipinski definition) is 7. The molecule has 4 heterocycles. The Balaban J connectivity index is 1.46. The average Bonchev–Trinajstić information content (AvgIpc) is 3.46. The molecule has 1 saturated heterocycles. The maximum absolute atomic E-state index is 4.77. The van der Waals surface area contributed by atoms with Crippen LogP contribution in [-0.4, -0.2) is 37.6 Å². The Morgan fingerprint density at radius 1 is 1.00 bits per heavy atom. The van der Waals surface area contributed by atoms with E-state index in [0.717, 1.165) is 40.8 Å². The molecule has 0 bridgehead atoms. The van der Waals surface area contributed by atoms with E-state index in [9.17, 15) is 0 Å². The first kappa shape index (κ1) is 18.1. The number of nitrogens with zero attached hydrogens (tertiary/aromatic N) is 6. The molecule has 1 N–H and O–H groups in total. The molecule has 1 aliphatic heterocycles. The summed E-state index contributed by atoms with van der Waals surface area (Å²) in [5, 5.41) is 3.28. The molecule has 1 aromatic carbocycles. The van der Waals surface area contributed by atoms with Crippen LogP contribution in [0.2, 0.25) is 0 Å². The SMILES string of the molecule is Cc1cc(-n2cnc(Nc3nc(N4CCCC4)c4ncsc4n3)c2)cc(C)c1C. The van der Waals surface area contributed by atoms with Gasteiger partial charge in [0.1, 0.15) is 11.8 Å². The summed E-state index contributed by atoms with van der Waals surface area (Å²) in [6, 6.07) is 4.36. The molecular formula is C21H23N7S. The van der Waals surface area contributed by atoms with E-state index in [4.69, 9.17) is 4.98 Å². The lowest BCUT2D eigenvalue weighted by molar-refractivity contribution is 0.938. The van der Waals surface area contributed by atoms with Crippen LogP contribution < -0.4 is 10.2 Å². The van der Waals surface area contributed by atoms with Crippen molar-refractivity contribution in [3.63, 3.8) is 0 Å². The minimum absolute atomic E-state index is 0.560. The molecule has 0 saturated carbocycles. The van der Waals surface area contributed by atoms with Crippen LogP contribution in [-0.2, 0) is 0 Å². The number of imidazole rings is 1. The highest BCUT2D eigenvalue weighted by molar-refractivity contribution is 7.16. The molecule has 1 aliphatic rings. The summed E-state index contributed by atoms with van der Waals surface area (Å²) >= 11 is 1.54. The lowest BCUT2D eigenvalue weighted by Crippen LogP contribution is -2.20. The summed E-state index contributed by atoms with van der Waals surface area (Å²) in [5.74, 6) is 2.20. The van der Waals surface area contributed by atoms with Gasteiger partial charge < -0.3 is 14.8 Å². The first-order chi connectivity index (χ1) is 14.1. The first-order valence-electron chi connectivity index (χ1n) is 9.84. The fourth-order valence-electron chi connectivity index (χ4n) is 3.76. The van der Waals surface area contributed by atoms with Crippen LogP contribution in [0.4, 0.5) is 17.6 Å². The van der Waals surface area contributed by atoms with Crippen molar-refractivity contribution in [2.24, 2.45) is 0 Å². The zero-order valence-electron chi connectivity index (χ0n) is 16.8. The van der Waals surface area contributed by atoms with Crippen LogP contribution >= 0.6 is 11.3 Å². The van der Waals surface area contributed by atoms with Gasteiger partial charge in [-0.1, -0.05) is 0 Å². The standard InChI is InChI=1S/C21H23N7S/c1-13-8-16(9-14(2)15(13)3)28-10-17(22-11-28)24-21-25-19(27-6-4-5-7-27)18-20(26-21)29-12-23-18/h8-12H,4-7H2,1-3H3,(H,24,25,26). The second-order valence-corrected chi connectivity index (χ2v) is 8.40. The van der Waals surface area contributed by atoms with Gasteiger partial charge >= 0.3 is 0 Å². The summed E-state index contributed by atoms with van der Waals surface area (Å²) in [4.78, 5) is 21.6. The van der Waals surface area contributed by atoms with Gasteiger partial charge in [-0.2, -0.15) is 9.97 Å². The highest BCUT2D eigenvalue weighted by Gasteiger charge is 2.20. The predicted octanol–water partition coefficient (Wildman–Crippen LogP) is 4.54. The van der Waals surface area contributed by atoms with Gasteiger partial charge in [0, 0.05) is 18.8 Å². The number of hydrogen-bond donors (Lipinski definition) is 1. The second kappa shape index (κ2) is 7.11. The number of fused-ring (bicyclic) bond motifs is 1. The summed E-state index contributed by atoms with van der Waals surface area (Å²) < 4.78 is 2.02. The number of aryl methyl sites for hydroxylation is 2. The molecular weight excluding hydrogens is 382 g/mol. The van der Waals surface area contributed by atoms with Crippen LogP contribution in [0.1, 0.15) is 29.5 Å². The van der Waals surface area contributed by atoms with Crippen molar-refractivity contribution in [1.82, 2.24) is 24.5 Å². The Morgan fingerprint density at radius 3 is 2.52 bits per heavy atom. The number of rotatable bonds is 4. The predicted molar refractivity (Wildman–Crippen MR) is 118 cm³/mol. The van der Waals surface area contributed by atoms with Gasteiger partial charge in [0.2, 0.25) is 5.95 Å². The smallest absolute Gasteiger partial charge is 0.231 e. The topological polar surface area (TPSA) is 71.8 Å². The summed E-state index contributed by atoms with van der Waals surface area (Å²) in [6.07, 6.45) is 6.17. The van der Waals surface area contributed by atoms with Crippen LogP contribution in [0.3, 0.4) is 0 Å². The second-order valence-electron chi connectivity index (χ2n) is 7.57. The number of aromatic nitrogens is 5. The van der Waals surface area contributed by atoms with Gasteiger partial charge in [-0.3, -0.25) is 0 Å². The minimum Gasteiger partial charge on any atom is -0.355 e. The number of anilines is 3. The van der Waals surface area contributed by atoms with Crippen molar-refractivity contribution in [1.29, 1.82) is 0 Å². The molecule has 8 heteroatoms. The molecule has 4 aromatic rings. The molecule has 7 nitrogen and oxygen atoms in total.